The molecule has 0 heterocycles. The highest BCUT2D eigenvalue weighted by molar-refractivity contribution is 5.89. The summed E-state index contributed by atoms with van der Waals surface area (Å²) in [6.07, 6.45) is 8.37. The number of carbonyl (C=O) groups excluding carboxylic acids is 2. The van der Waals surface area contributed by atoms with Gasteiger partial charge in [-0.2, -0.15) is 0 Å². The molecule has 2 nitrogen and oxygen atoms in total. The van der Waals surface area contributed by atoms with E-state index in [1.807, 2.05) is 0 Å². The van der Waals surface area contributed by atoms with Crippen LogP contribution in [0.5, 0.6) is 0 Å². The Kier molecular flexibility index (Phi) is 4.85. The van der Waals surface area contributed by atoms with Crippen LogP contribution in [-0.4, -0.2) is 11.6 Å². The summed E-state index contributed by atoms with van der Waals surface area (Å²) in [6, 6.07) is 0. The molecule has 116 valence electrons. The lowest BCUT2D eigenvalue weighted by atomic mass is 9.49. The molecule has 0 aromatic carbocycles. The van der Waals surface area contributed by atoms with Crippen LogP contribution in [0.15, 0.2) is 23.8 Å². The fourth-order valence-electron chi connectivity index (χ4n) is 4.05. The topological polar surface area (TPSA) is 34.1 Å². The minimum atomic E-state index is -0.228. The van der Waals surface area contributed by atoms with Crippen molar-refractivity contribution in [2.45, 2.75) is 65.7 Å². The number of hydrogen-bond donors (Lipinski definition) is 0. The van der Waals surface area contributed by atoms with E-state index in [4.69, 9.17) is 0 Å². The number of allylic oxidation sites excluding steroid dienone is 3. The van der Waals surface area contributed by atoms with Gasteiger partial charge in [-0.1, -0.05) is 30.7 Å². The summed E-state index contributed by atoms with van der Waals surface area (Å²) in [5.74, 6) is 1.33. The van der Waals surface area contributed by atoms with Crippen molar-refractivity contribution in [1.82, 2.24) is 0 Å². The normalized spacial score (nSPS) is 32.9. The van der Waals surface area contributed by atoms with Crippen LogP contribution in [0.25, 0.3) is 0 Å². The van der Waals surface area contributed by atoms with Crippen LogP contribution in [0.4, 0.5) is 0 Å². The van der Waals surface area contributed by atoms with E-state index in [-0.39, 0.29) is 17.0 Å². The summed E-state index contributed by atoms with van der Waals surface area (Å²) in [5, 5.41) is 0. The van der Waals surface area contributed by atoms with E-state index in [0.717, 1.165) is 32.1 Å². The zero-order valence-electron chi connectivity index (χ0n) is 13.7. The Morgan fingerprint density at radius 1 is 1.33 bits per heavy atom. The number of hydrogen-bond acceptors (Lipinski definition) is 2. The Bertz CT molecular complexity index is 486. The Morgan fingerprint density at radius 2 is 2.05 bits per heavy atom. The van der Waals surface area contributed by atoms with Gasteiger partial charge in [-0.3, -0.25) is 4.79 Å². The number of ketones is 2. The second-order valence-electron chi connectivity index (χ2n) is 7.25. The zero-order chi connectivity index (χ0) is 15.6. The molecule has 0 aliphatic heterocycles. The molecule has 21 heavy (non-hydrogen) atoms. The van der Waals surface area contributed by atoms with Gasteiger partial charge in [-0.15, -0.1) is 0 Å². The third kappa shape index (κ3) is 3.36. The van der Waals surface area contributed by atoms with Crippen molar-refractivity contribution in [2.24, 2.45) is 17.3 Å². The average molecular weight is 288 g/mol. The summed E-state index contributed by atoms with van der Waals surface area (Å²) in [6.45, 7) is 10.1. The summed E-state index contributed by atoms with van der Waals surface area (Å²) < 4.78 is 0. The van der Waals surface area contributed by atoms with Gasteiger partial charge in [-0.05, 0) is 57.8 Å². The first kappa shape index (κ1) is 16.2. The molecular weight excluding hydrogens is 260 g/mol. The molecule has 0 aromatic heterocycles. The van der Waals surface area contributed by atoms with Gasteiger partial charge in [0.25, 0.3) is 0 Å². The van der Waals surface area contributed by atoms with Gasteiger partial charge in [0.1, 0.15) is 11.6 Å². The van der Waals surface area contributed by atoms with Crippen LogP contribution in [0.2, 0.25) is 0 Å². The lowest BCUT2D eigenvalue weighted by molar-refractivity contribution is -0.143. The summed E-state index contributed by atoms with van der Waals surface area (Å²) >= 11 is 0. The molecule has 0 bridgehead atoms. The van der Waals surface area contributed by atoms with Crippen LogP contribution in [0.3, 0.4) is 0 Å². The minimum Gasteiger partial charge on any atom is -0.300 e. The van der Waals surface area contributed by atoms with Crippen molar-refractivity contribution in [2.75, 3.05) is 0 Å². The summed E-state index contributed by atoms with van der Waals surface area (Å²) in [4.78, 5) is 23.7. The fraction of sp³-hybridized carbons (Fsp3) is 0.684. The number of rotatable bonds is 4. The van der Waals surface area contributed by atoms with E-state index < -0.39 is 0 Å². The van der Waals surface area contributed by atoms with Gasteiger partial charge in [-0.25, -0.2) is 0 Å². The molecular formula is C19H28O2. The van der Waals surface area contributed by atoms with E-state index in [1.165, 1.54) is 11.1 Å². The smallest absolute Gasteiger partial charge is 0.139 e. The number of fused-ring (bicyclic) bond motifs is 1. The van der Waals surface area contributed by atoms with Gasteiger partial charge in [0.2, 0.25) is 0 Å². The Morgan fingerprint density at radius 3 is 2.71 bits per heavy atom. The third-order valence-corrected chi connectivity index (χ3v) is 5.62. The predicted molar refractivity (Wildman–Crippen MR) is 86.0 cm³/mol. The molecule has 2 aliphatic rings. The van der Waals surface area contributed by atoms with Crippen LogP contribution in [0, 0.1) is 17.3 Å². The van der Waals surface area contributed by atoms with Crippen molar-refractivity contribution in [1.29, 1.82) is 0 Å². The van der Waals surface area contributed by atoms with Crippen molar-refractivity contribution in [3.05, 3.63) is 23.8 Å². The standard InChI is InChI=1S/C19H28O2/c1-13-6-5-7-14(2)16-12-19(4,17(16)10-8-13)18(21)11-9-15(3)20/h6,16-17H,2,5,7-12H2,1,3-4H3. The highest BCUT2D eigenvalue weighted by Gasteiger charge is 2.54. The molecule has 2 heteroatoms. The van der Waals surface area contributed by atoms with E-state index >= 15 is 0 Å². The number of carbonyl (C=O) groups is 2. The average Bonchev–Trinajstić information content (AvgIpc) is 2.45. The first-order valence-corrected chi connectivity index (χ1v) is 8.20. The maximum atomic E-state index is 12.6. The highest BCUT2D eigenvalue weighted by Crippen LogP contribution is 2.57. The van der Waals surface area contributed by atoms with Crippen molar-refractivity contribution in [3.63, 3.8) is 0 Å². The van der Waals surface area contributed by atoms with Gasteiger partial charge >= 0.3 is 0 Å². The first-order valence-electron chi connectivity index (χ1n) is 8.20. The summed E-state index contributed by atoms with van der Waals surface area (Å²) in [5.41, 5.74) is 2.53. The van der Waals surface area contributed by atoms with Crippen LogP contribution >= 0.6 is 0 Å². The quantitative estimate of drug-likeness (QED) is 0.706. The molecule has 0 N–H and O–H groups in total. The molecule has 1 fully saturated rings. The molecule has 0 saturated heterocycles. The van der Waals surface area contributed by atoms with E-state index in [2.05, 4.69) is 26.5 Å². The maximum absolute atomic E-state index is 12.6. The maximum Gasteiger partial charge on any atom is 0.139 e. The van der Waals surface area contributed by atoms with Crippen molar-refractivity contribution < 1.29 is 9.59 Å². The monoisotopic (exact) mass is 288 g/mol. The van der Waals surface area contributed by atoms with Crippen molar-refractivity contribution >= 4 is 11.6 Å². The minimum absolute atomic E-state index is 0.112. The van der Waals surface area contributed by atoms with Gasteiger partial charge in [0, 0.05) is 18.3 Å². The van der Waals surface area contributed by atoms with Gasteiger partial charge < -0.3 is 4.79 Å². The molecule has 1 saturated carbocycles. The fourth-order valence-corrected chi connectivity index (χ4v) is 4.05. The van der Waals surface area contributed by atoms with Crippen molar-refractivity contribution in [3.8, 4) is 0 Å². The first-order chi connectivity index (χ1) is 9.84. The zero-order valence-corrected chi connectivity index (χ0v) is 13.7. The molecule has 2 rings (SSSR count). The van der Waals surface area contributed by atoms with Crippen LogP contribution in [0.1, 0.15) is 65.7 Å². The third-order valence-electron chi connectivity index (χ3n) is 5.62. The largest absolute Gasteiger partial charge is 0.300 e. The van der Waals surface area contributed by atoms with Gasteiger partial charge in [0.15, 0.2) is 0 Å². The molecule has 0 spiro atoms. The molecule has 3 atom stereocenters. The molecule has 0 amide bonds. The highest BCUT2D eigenvalue weighted by atomic mass is 16.1. The molecule has 0 aromatic rings. The predicted octanol–water partition coefficient (Wildman–Crippen LogP) is 4.64. The molecule has 0 radical (unpaired) electrons. The SMILES string of the molecule is C=C1CCC=C(C)CCC2C1CC2(C)C(=O)CCC(C)=O. The van der Waals surface area contributed by atoms with E-state index in [1.54, 1.807) is 6.92 Å². The number of Topliss-reactive ketones (excluding diaryl/α,β-unsaturated/α-hetero) is 2. The van der Waals surface area contributed by atoms with Crippen LogP contribution in [-0.2, 0) is 9.59 Å². The van der Waals surface area contributed by atoms with Crippen LogP contribution < -0.4 is 0 Å². The Labute approximate surface area is 128 Å². The lowest BCUT2D eigenvalue weighted by Crippen LogP contribution is -2.51. The summed E-state index contributed by atoms with van der Waals surface area (Å²) in [7, 11) is 0. The second-order valence-corrected chi connectivity index (χ2v) is 7.25. The lowest BCUT2D eigenvalue weighted by Gasteiger charge is -2.53. The Balaban J connectivity index is 2.09. The Hall–Kier alpha value is -1.18. The molecule has 3 unspecified atom stereocenters. The second kappa shape index (κ2) is 6.29. The van der Waals surface area contributed by atoms with E-state index in [9.17, 15) is 9.59 Å². The van der Waals surface area contributed by atoms with Gasteiger partial charge in [0.05, 0.1) is 0 Å². The molecule has 2 aliphatic carbocycles. The van der Waals surface area contributed by atoms with E-state index in [0.29, 0.717) is 24.7 Å².